The normalized spacial score (nSPS) is 10.2. The van der Waals surface area contributed by atoms with Crippen LogP contribution in [0, 0.1) is 6.92 Å². The summed E-state index contributed by atoms with van der Waals surface area (Å²) in [6, 6.07) is 15.3. The highest BCUT2D eigenvalue weighted by Crippen LogP contribution is 2.19. The number of carbonyl (C=O) groups is 1. The summed E-state index contributed by atoms with van der Waals surface area (Å²) in [4.78, 5) is 14.0. The van der Waals surface area contributed by atoms with Crippen molar-refractivity contribution in [3.05, 3.63) is 64.1 Å². The van der Waals surface area contributed by atoms with Gasteiger partial charge in [-0.15, -0.1) is 0 Å². The fourth-order valence-corrected chi connectivity index (χ4v) is 2.43. The lowest BCUT2D eigenvalue weighted by Gasteiger charge is -2.17. The van der Waals surface area contributed by atoms with Crippen molar-refractivity contribution in [1.29, 1.82) is 0 Å². The molecule has 0 N–H and O–H groups in total. The number of hydrogen-bond acceptors (Lipinski definition) is 1. The standard InChI is InChI=1S/C15H14BrNO/c1-11-8-12(10-13(16)9-11)15(18)17(2)14-6-4-3-5-7-14/h3-10H,1-2H3. The topological polar surface area (TPSA) is 20.3 Å². The van der Waals surface area contributed by atoms with E-state index in [0.29, 0.717) is 5.56 Å². The zero-order valence-electron chi connectivity index (χ0n) is 10.4. The van der Waals surface area contributed by atoms with Crippen LogP contribution in [0.1, 0.15) is 15.9 Å². The molecule has 0 fully saturated rings. The summed E-state index contributed by atoms with van der Waals surface area (Å²) < 4.78 is 0.923. The maximum Gasteiger partial charge on any atom is 0.258 e. The second-order valence-electron chi connectivity index (χ2n) is 4.22. The molecule has 0 aromatic heterocycles. The van der Waals surface area contributed by atoms with Crippen LogP contribution in [0.5, 0.6) is 0 Å². The molecule has 92 valence electrons. The summed E-state index contributed by atoms with van der Waals surface area (Å²) in [5.74, 6) is -0.00870. The molecule has 2 rings (SSSR count). The molecule has 18 heavy (non-hydrogen) atoms. The van der Waals surface area contributed by atoms with E-state index in [0.717, 1.165) is 15.7 Å². The van der Waals surface area contributed by atoms with Gasteiger partial charge in [-0.1, -0.05) is 34.1 Å². The number of amides is 1. The van der Waals surface area contributed by atoms with E-state index in [2.05, 4.69) is 15.9 Å². The molecule has 2 aromatic rings. The average Bonchev–Trinajstić information content (AvgIpc) is 2.37. The molecular formula is C15H14BrNO. The maximum atomic E-state index is 12.4. The lowest BCUT2D eigenvalue weighted by Crippen LogP contribution is -2.26. The summed E-state index contributed by atoms with van der Waals surface area (Å²) in [6.45, 7) is 1.98. The monoisotopic (exact) mass is 303 g/mol. The summed E-state index contributed by atoms with van der Waals surface area (Å²) in [7, 11) is 1.79. The van der Waals surface area contributed by atoms with Crippen LogP contribution in [0.3, 0.4) is 0 Å². The number of halogens is 1. The fourth-order valence-electron chi connectivity index (χ4n) is 1.82. The van der Waals surface area contributed by atoms with Gasteiger partial charge in [-0.2, -0.15) is 0 Å². The van der Waals surface area contributed by atoms with Gasteiger partial charge in [0.05, 0.1) is 0 Å². The third kappa shape index (κ3) is 2.79. The van der Waals surface area contributed by atoms with Gasteiger partial charge < -0.3 is 4.90 Å². The average molecular weight is 304 g/mol. The minimum absolute atomic E-state index is 0.00870. The molecule has 0 heterocycles. The third-order valence-electron chi connectivity index (χ3n) is 2.74. The Hall–Kier alpha value is -1.61. The van der Waals surface area contributed by atoms with Crippen molar-refractivity contribution in [2.45, 2.75) is 6.92 Å². The molecule has 3 heteroatoms. The molecule has 0 aliphatic heterocycles. The van der Waals surface area contributed by atoms with E-state index >= 15 is 0 Å². The number of anilines is 1. The summed E-state index contributed by atoms with van der Waals surface area (Å²) in [5, 5.41) is 0. The lowest BCUT2D eigenvalue weighted by molar-refractivity contribution is 0.0993. The highest BCUT2D eigenvalue weighted by Gasteiger charge is 2.13. The first-order valence-electron chi connectivity index (χ1n) is 5.68. The Morgan fingerprint density at radius 1 is 1.11 bits per heavy atom. The van der Waals surface area contributed by atoms with E-state index in [1.807, 2.05) is 55.5 Å². The largest absolute Gasteiger partial charge is 0.311 e. The number of nitrogens with zero attached hydrogens (tertiary/aromatic N) is 1. The van der Waals surface area contributed by atoms with Gasteiger partial charge in [0.15, 0.2) is 0 Å². The van der Waals surface area contributed by atoms with Crippen LogP contribution in [-0.4, -0.2) is 13.0 Å². The maximum absolute atomic E-state index is 12.4. The summed E-state index contributed by atoms with van der Waals surface area (Å²) in [5.41, 5.74) is 2.64. The Labute approximate surface area is 115 Å². The van der Waals surface area contributed by atoms with E-state index < -0.39 is 0 Å². The van der Waals surface area contributed by atoms with Crippen molar-refractivity contribution >= 4 is 27.5 Å². The molecule has 0 bridgehead atoms. The zero-order valence-corrected chi connectivity index (χ0v) is 11.9. The van der Waals surface area contributed by atoms with Crippen LogP contribution in [0.2, 0.25) is 0 Å². The van der Waals surface area contributed by atoms with E-state index in [-0.39, 0.29) is 5.91 Å². The number of hydrogen-bond donors (Lipinski definition) is 0. The predicted octanol–water partition coefficient (Wildman–Crippen LogP) is 4.03. The molecule has 2 nitrogen and oxygen atoms in total. The second-order valence-corrected chi connectivity index (χ2v) is 5.13. The van der Waals surface area contributed by atoms with Crippen molar-refractivity contribution in [1.82, 2.24) is 0 Å². The second kappa shape index (κ2) is 5.36. The first-order valence-corrected chi connectivity index (χ1v) is 6.47. The molecule has 0 saturated heterocycles. The minimum atomic E-state index is -0.00870. The number of para-hydroxylation sites is 1. The Morgan fingerprint density at radius 3 is 2.39 bits per heavy atom. The molecule has 0 atom stereocenters. The Morgan fingerprint density at radius 2 is 1.78 bits per heavy atom. The molecule has 0 aliphatic carbocycles. The van der Waals surface area contributed by atoms with Crippen LogP contribution in [0.25, 0.3) is 0 Å². The van der Waals surface area contributed by atoms with Gasteiger partial charge in [-0.3, -0.25) is 4.79 Å². The van der Waals surface area contributed by atoms with Gasteiger partial charge in [0.25, 0.3) is 5.91 Å². The first kappa shape index (κ1) is 12.8. The number of benzene rings is 2. The van der Waals surface area contributed by atoms with Crippen molar-refractivity contribution in [3.63, 3.8) is 0 Å². The Kier molecular flexibility index (Phi) is 3.82. The van der Waals surface area contributed by atoms with Gasteiger partial charge in [0.1, 0.15) is 0 Å². The van der Waals surface area contributed by atoms with E-state index in [1.165, 1.54) is 0 Å². The van der Waals surface area contributed by atoms with Gasteiger partial charge in [0, 0.05) is 22.8 Å². The summed E-state index contributed by atoms with van der Waals surface area (Å²) in [6.07, 6.45) is 0. The highest BCUT2D eigenvalue weighted by atomic mass is 79.9. The molecule has 2 aromatic carbocycles. The van der Waals surface area contributed by atoms with E-state index in [9.17, 15) is 4.79 Å². The van der Waals surface area contributed by atoms with Crippen molar-refractivity contribution in [3.8, 4) is 0 Å². The van der Waals surface area contributed by atoms with Crippen LogP contribution in [0.4, 0.5) is 5.69 Å². The van der Waals surface area contributed by atoms with E-state index in [4.69, 9.17) is 0 Å². The third-order valence-corrected chi connectivity index (χ3v) is 3.20. The van der Waals surface area contributed by atoms with E-state index in [1.54, 1.807) is 11.9 Å². The number of rotatable bonds is 2. The van der Waals surface area contributed by atoms with Gasteiger partial charge in [-0.25, -0.2) is 0 Å². The summed E-state index contributed by atoms with van der Waals surface area (Å²) >= 11 is 3.42. The highest BCUT2D eigenvalue weighted by molar-refractivity contribution is 9.10. The molecule has 0 radical (unpaired) electrons. The van der Waals surface area contributed by atoms with Crippen molar-refractivity contribution in [2.75, 3.05) is 11.9 Å². The van der Waals surface area contributed by atoms with Crippen LogP contribution >= 0.6 is 15.9 Å². The molecule has 1 amide bonds. The zero-order chi connectivity index (χ0) is 13.1. The number of aryl methyl sites for hydroxylation is 1. The number of carbonyl (C=O) groups excluding carboxylic acids is 1. The molecule has 0 unspecified atom stereocenters. The first-order chi connectivity index (χ1) is 8.58. The van der Waals surface area contributed by atoms with Crippen molar-refractivity contribution in [2.24, 2.45) is 0 Å². The van der Waals surface area contributed by atoms with Crippen LogP contribution < -0.4 is 4.90 Å². The minimum Gasteiger partial charge on any atom is -0.311 e. The SMILES string of the molecule is Cc1cc(Br)cc(C(=O)N(C)c2ccccc2)c1. The Balaban J connectivity index is 2.31. The quantitative estimate of drug-likeness (QED) is 0.820. The fraction of sp³-hybridized carbons (Fsp3) is 0.133. The smallest absolute Gasteiger partial charge is 0.258 e. The van der Waals surface area contributed by atoms with Crippen molar-refractivity contribution < 1.29 is 4.79 Å². The van der Waals surface area contributed by atoms with Crippen LogP contribution in [0.15, 0.2) is 53.0 Å². The van der Waals surface area contributed by atoms with Gasteiger partial charge >= 0.3 is 0 Å². The molecule has 0 saturated carbocycles. The Bertz CT molecular complexity index is 546. The van der Waals surface area contributed by atoms with Gasteiger partial charge in [0.2, 0.25) is 0 Å². The predicted molar refractivity (Wildman–Crippen MR) is 78.1 cm³/mol. The molecule has 0 aliphatic rings. The van der Waals surface area contributed by atoms with Gasteiger partial charge in [-0.05, 0) is 42.8 Å². The molecular weight excluding hydrogens is 290 g/mol. The molecule has 0 spiro atoms. The lowest BCUT2D eigenvalue weighted by atomic mass is 10.1. The van der Waals surface area contributed by atoms with Crippen LogP contribution in [-0.2, 0) is 0 Å².